The van der Waals surface area contributed by atoms with Crippen molar-refractivity contribution in [1.82, 2.24) is 10.2 Å². The van der Waals surface area contributed by atoms with Crippen molar-refractivity contribution < 1.29 is 17.6 Å². The predicted octanol–water partition coefficient (Wildman–Crippen LogP) is 0.935. The highest BCUT2D eigenvalue weighted by Crippen LogP contribution is 2.15. The molecule has 1 aliphatic heterocycles. The van der Waals surface area contributed by atoms with E-state index in [0.717, 1.165) is 37.7 Å². The number of hydrogen-bond acceptors (Lipinski definition) is 4. The van der Waals surface area contributed by atoms with Crippen LogP contribution in [0.3, 0.4) is 0 Å². The number of hydrogen-bond donors (Lipinski definition) is 2. The van der Waals surface area contributed by atoms with Gasteiger partial charge in [-0.15, -0.1) is 0 Å². The normalized spacial score (nSPS) is 19.5. The molecule has 1 fully saturated rings. The molecule has 0 aliphatic carbocycles. The van der Waals surface area contributed by atoms with Gasteiger partial charge >= 0.3 is 0 Å². The van der Waals surface area contributed by atoms with E-state index in [1.165, 1.54) is 6.42 Å². The monoisotopic (exact) mass is 343 g/mol. The highest BCUT2D eigenvalue weighted by atomic mass is 32.2. The smallest absolute Gasteiger partial charge is 0.254 e. The van der Waals surface area contributed by atoms with Gasteiger partial charge in [0.1, 0.15) is 5.82 Å². The van der Waals surface area contributed by atoms with Crippen LogP contribution in [0.25, 0.3) is 0 Å². The Hall–Kier alpha value is -1.51. The second-order valence-corrected chi connectivity index (χ2v) is 7.55. The molecule has 1 aliphatic rings. The zero-order valence-electron chi connectivity index (χ0n) is 13.1. The van der Waals surface area contributed by atoms with Crippen LogP contribution in [0.1, 0.15) is 30.1 Å². The van der Waals surface area contributed by atoms with Crippen molar-refractivity contribution in [3.8, 4) is 0 Å². The Balaban J connectivity index is 1.95. The van der Waals surface area contributed by atoms with E-state index in [1.54, 1.807) is 0 Å². The van der Waals surface area contributed by atoms with Gasteiger partial charge in [0.15, 0.2) is 0 Å². The van der Waals surface area contributed by atoms with Crippen molar-refractivity contribution in [3.05, 3.63) is 29.6 Å². The summed E-state index contributed by atoms with van der Waals surface area (Å²) in [5, 5.41) is 7.62. The lowest BCUT2D eigenvalue weighted by Crippen LogP contribution is -2.40. The predicted molar refractivity (Wildman–Crippen MR) is 84.9 cm³/mol. The summed E-state index contributed by atoms with van der Waals surface area (Å²) in [6.45, 7) is 5.25. The Morgan fingerprint density at radius 1 is 1.48 bits per heavy atom. The third-order valence-electron chi connectivity index (χ3n) is 3.97. The summed E-state index contributed by atoms with van der Waals surface area (Å²) in [5.41, 5.74) is -0.316. The standard InChI is InChI=1S/C15H22FN3O3S/c1-11-3-2-7-19(10-11)8-6-18-15(20)13-9-12(23(17,21)22)4-5-14(13)16/h4-5,9,11H,2-3,6-8,10H2,1H3,(H,18,20)(H2,17,21,22)/t11-/m1/s1. The molecule has 0 saturated carbocycles. The minimum absolute atomic E-state index is 0.283. The number of nitrogens with two attached hydrogens (primary N) is 1. The number of likely N-dealkylation sites (tertiary alicyclic amines) is 1. The van der Waals surface area contributed by atoms with Crippen molar-refractivity contribution in [3.63, 3.8) is 0 Å². The second kappa shape index (κ2) is 7.37. The molecule has 1 saturated heterocycles. The van der Waals surface area contributed by atoms with E-state index < -0.39 is 21.7 Å². The van der Waals surface area contributed by atoms with Crippen LogP contribution in [0.2, 0.25) is 0 Å². The molecule has 0 bridgehead atoms. The summed E-state index contributed by atoms with van der Waals surface area (Å²) in [7, 11) is -3.97. The SMILES string of the molecule is C[C@@H]1CCCN(CCNC(=O)c2cc(S(N)(=O)=O)ccc2F)C1. The number of sulfonamides is 1. The Kier molecular flexibility index (Phi) is 5.72. The Labute approximate surface area is 135 Å². The minimum atomic E-state index is -3.97. The number of carbonyl (C=O) groups is 1. The second-order valence-electron chi connectivity index (χ2n) is 5.99. The van der Waals surface area contributed by atoms with Crippen molar-refractivity contribution in [2.24, 2.45) is 11.1 Å². The largest absolute Gasteiger partial charge is 0.351 e. The maximum absolute atomic E-state index is 13.7. The molecule has 8 heteroatoms. The van der Waals surface area contributed by atoms with Crippen molar-refractivity contribution in [2.75, 3.05) is 26.2 Å². The van der Waals surface area contributed by atoms with E-state index in [2.05, 4.69) is 17.1 Å². The quantitative estimate of drug-likeness (QED) is 0.832. The van der Waals surface area contributed by atoms with Gasteiger partial charge in [-0.1, -0.05) is 6.92 Å². The molecule has 2 rings (SSSR count). The Morgan fingerprint density at radius 2 is 2.22 bits per heavy atom. The third kappa shape index (κ3) is 4.98. The summed E-state index contributed by atoms with van der Waals surface area (Å²) in [6, 6.07) is 2.93. The van der Waals surface area contributed by atoms with Crippen molar-refractivity contribution >= 4 is 15.9 Å². The van der Waals surface area contributed by atoms with Gasteiger partial charge in [0.25, 0.3) is 5.91 Å². The average molecular weight is 343 g/mol. The number of piperidine rings is 1. The van der Waals surface area contributed by atoms with Crippen molar-refractivity contribution in [2.45, 2.75) is 24.7 Å². The fraction of sp³-hybridized carbons (Fsp3) is 0.533. The van der Waals surface area contributed by atoms with Crippen LogP contribution in [-0.4, -0.2) is 45.4 Å². The van der Waals surface area contributed by atoms with Gasteiger partial charge in [0.05, 0.1) is 10.5 Å². The van der Waals surface area contributed by atoms with E-state index in [4.69, 9.17) is 5.14 Å². The summed E-state index contributed by atoms with van der Waals surface area (Å²) < 4.78 is 36.3. The maximum Gasteiger partial charge on any atom is 0.254 e. The molecule has 23 heavy (non-hydrogen) atoms. The van der Waals surface area contributed by atoms with E-state index in [9.17, 15) is 17.6 Å². The first-order valence-electron chi connectivity index (χ1n) is 7.60. The Bertz CT molecular complexity index is 679. The number of nitrogens with one attached hydrogen (secondary N) is 1. The third-order valence-corrected chi connectivity index (χ3v) is 4.88. The van der Waals surface area contributed by atoms with Gasteiger partial charge in [0.2, 0.25) is 10.0 Å². The lowest BCUT2D eigenvalue weighted by Gasteiger charge is -2.30. The van der Waals surface area contributed by atoms with Crippen LogP contribution in [0.4, 0.5) is 4.39 Å². The molecule has 1 aromatic rings. The molecular formula is C15H22FN3O3S. The van der Waals surface area contributed by atoms with Crippen LogP contribution >= 0.6 is 0 Å². The molecule has 1 heterocycles. The maximum atomic E-state index is 13.7. The Morgan fingerprint density at radius 3 is 2.87 bits per heavy atom. The molecule has 1 amide bonds. The summed E-state index contributed by atoms with van der Waals surface area (Å²) in [4.78, 5) is 14.0. The summed E-state index contributed by atoms with van der Waals surface area (Å²) >= 11 is 0. The number of rotatable bonds is 5. The van der Waals surface area contributed by atoms with Crippen LogP contribution in [0, 0.1) is 11.7 Å². The highest BCUT2D eigenvalue weighted by Gasteiger charge is 2.18. The first-order chi connectivity index (χ1) is 10.8. The molecule has 128 valence electrons. The van der Waals surface area contributed by atoms with E-state index >= 15 is 0 Å². The zero-order chi connectivity index (χ0) is 17.0. The molecule has 1 aromatic carbocycles. The van der Waals surface area contributed by atoms with Gasteiger partial charge in [0, 0.05) is 19.6 Å². The van der Waals surface area contributed by atoms with Crippen LogP contribution in [0.5, 0.6) is 0 Å². The first-order valence-corrected chi connectivity index (χ1v) is 9.15. The van der Waals surface area contributed by atoms with Crippen LogP contribution in [-0.2, 0) is 10.0 Å². The van der Waals surface area contributed by atoms with Gasteiger partial charge < -0.3 is 10.2 Å². The lowest BCUT2D eigenvalue weighted by atomic mass is 10.0. The minimum Gasteiger partial charge on any atom is -0.351 e. The molecule has 0 unspecified atom stereocenters. The fourth-order valence-electron chi connectivity index (χ4n) is 2.77. The molecule has 6 nitrogen and oxygen atoms in total. The fourth-order valence-corrected chi connectivity index (χ4v) is 3.31. The van der Waals surface area contributed by atoms with Crippen molar-refractivity contribution in [1.29, 1.82) is 0 Å². The van der Waals surface area contributed by atoms with E-state index in [-0.39, 0.29) is 10.5 Å². The van der Waals surface area contributed by atoms with E-state index in [1.807, 2.05) is 0 Å². The molecule has 3 N–H and O–H groups in total. The molecule has 0 radical (unpaired) electrons. The number of primary sulfonamides is 1. The number of halogens is 1. The number of nitrogens with zero attached hydrogens (tertiary/aromatic N) is 1. The number of amides is 1. The molecule has 0 aromatic heterocycles. The average Bonchev–Trinajstić information content (AvgIpc) is 2.46. The molecule has 0 spiro atoms. The number of benzene rings is 1. The molecular weight excluding hydrogens is 321 g/mol. The topological polar surface area (TPSA) is 92.5 Å². The van der Waals surface area contributed by atoms with Gasteiger partial charge in [-0.05, 0) is 43.5 Å². The highest BCUT2D eigenvalue weighted by molar-refractivity contribution is 7.89. The molecule has 1 atom stereocenters. The lowest BCUT2D eigenvalue weighted by molar-refractivity contribution is 0.0939. The summed E-state index contributed by atoms with van der Waals surface area (Å²) in [6.07, 6.45) is 2.36. The van der Waals surface area contributed by atoms with Gasteiger partial charge in [-0.3, -0.25) is 4.79 Å². The van der Waals surface area contributed by atoms with Gasteiger partial charge in [-0.2, -0.15) is 0 Å². The summed E-state index contributed by atoms with van der Waals surface area (Å²) in [5.74, 6) is -0.775. The zero-order valence-corrected chi connectivity index (χ0v) is 13.9. The van der Waals surface area contributed by atoms with Crippen LogP contribution < -0.4 is 10.5 Å². The van der Waals surface area contributed by atoms with Crippen LogP contribution in [0.15, 0.2) is 23.1 Å². The number of carbonyl (C=O) groups excluding carboxylic acids is 1. The first kappa shape index (κ1) is 17.8. The van der Waals surface area contributed by atoms with E-state index in [0.29, 0.717) is 19.0 Å². The van der Waals surface area contributed by atoms with Gasteiger partial charge in [-0.25, -0.2) is 17.9 Å².